The highest BCUT2D eigenvalue weighted by molar-refractivity contribution is 7.12. The van der Waals surface area contributed by atoms with E-state index in [0.717, 1.165) is 34.8 Å². The van der Waals surface area contributed by atoms with Crippen molar-refractivity contribution in [2.24, 2.45) is 0 Å². The minimum Gasteiger partial charge on any atom is -0.399 e. The number of thiazole rings is 1. The topological polar surface area (TPSA) is 38.9 Å². The molecule has 0 saturated carbocycles. The zero-order valence-corrected chi connectivity index (χ0v) is 13.2. The lowest BCUT2D eigenvalue weighted by Crippen LogP contribution is -1.90. The van der Waals surface area contributed by atoms with Crippen LogP contribution in [0.25, 0.3) is 11.3 Å². The van der Waals surface area contributed by atoms with Crippen LogP contribution in [0.4, 0.5) is 10.1 Å². The molecule has 0 aliphatic heterocycles. The number of hydrogen-bond acceptors (Lipinski definition) is 3. The summed E-state index contributed by atoms with van der Waals surface area (Å²) in [5.41, 5.74) is 9.61. The van der Waals surface area contributed by atoms with E-state index in [1.807, 2.05) is 24.3 Å². The third-order valence-electron chi connectivity index (χ3n) is 3.52. The normalized spacial score (nSPS) is 10.8. The van der Waals surface area contributed by atoms with Crippen LogP contribution in [0.3, 0.4) is 0 Å². The maximum atomic E-state index is 13.1. The molecule has 0 bridgehead atoms. The second kappa shape index (κ2) is 6.28. The minimum absolute atomic E-state index is 0.223. The highest BCUT2D eigenvalue weighted by atomic mass is 32.1. The molecule has 0 atom stereocenters. The molecule has 1 aromatic heterocycles. The Bertz CT molecular complexity index is 761. The number of halogens is 1. The Hall–Kier alpha value is -2.20. The molecular weight excluding hydrogens is 295 g/mol. The average Bonchev–Trinajstić information content (AvgIpc) is 2.93. The van der Waals surface area contributed by atoms with Gasteiger partial charge in [-0.3, -0.25) is 0 Å². The summed E-state index contributed by atoms with van der Waals surface area (Å²) in [6.07, 6.45) is 1.71. The van der Waals surface area contributed by atoms with Gasteiger partial charge in [-0.2, -0.15) is 0 Å². The Balaban J connectivity index is 1.90. The number of nitrogen functional groups attached to an aromatic ring is 1. The van der Waals surface area contributed by atoms with Crippen LogP contribution in [0.15, 0.2) is 48.5 Å². The van der Waals surface area contributed by atoms with E-state index >= 15 is 0 Å². The first-order valence-electron chi connectivity index (χ1n) is 7.24. The first-order chi connectivity index (χ1) is 10.7. The molecule has 0 aliphatic carbocycles. The Labute approximate surface area is 133 Å². The number of benzene rings is 2. The first-order valence-corrected chi connectivity index (χ1v) is 8.06. The fraction of sp³-hybridized carbons (Fsp3) is 0.167. The molecule has 3 aromatic rings. The van der Waals surface area contributed by atoms with Gasteiger partial charge >= 0.3 is 0 Å². The van der Waals surface area contributed by atoms with Crippen molar-refractivity contribution in [2.45, 2.75) is 19.8 Å². The number of nitrogens with zero attached hydrogens (tertiary/aromatic N) is 1. The summed E-state index contributed by atoms with van der Waals surface area (Å²) in [4.78, 5) is 6.00. The van der Waals surface area contributed by atoms with E-state index in [2.05, 4.69) is 6.92 Å². The largest absolute Gasteiger partial charge is 0.399 e. The summed E-state index contributed by atoms with van der Waals surface area (Å²) < 4.78 is 13.1. The summed E-state index contributed by atoms with van der Waals surface area (Å²) in [5.74, 6) is -0.223. The molecular formula is C18H17FN2S. The smallest absolute Gasteiger partial charge is 0.123 e. The van der Waals surface area contributed by atoms with Crippen molar-refractivity contribution >= 4 is 17.0 Å². The van der Waals surface area contributed by atoms with E-state index < -0.39 is 0 Å². The van der Waals surface area contributed by atoms with Crippen molar-refractivity contribution in [3.05, 3.63) is 69.8 Å². The SMILES string of the molecule is CCc1sc(Cc2ccc(N)cc2)nc1-c1ccc(F)cc1. The van der Waals surface area contributed by atoms with E-state index in [4.69, 9.17) is 10.7 Å². The number of aryl methyl sites for hydroxylation is 1. The maximum Gasteiger partial charge on any atom is 0.123 e. The van der Waals surface area contributed by atoms with Crippen molar-refractivity contribution in [1.82, 2.24) is 4.98 Å². The van der Waals surface area contributed by atoms with Crippen LogP contribution in [0, 0.1) is 5.82 Å². The minimum atomic E-state index is -0.223. The maximum absolute atomic E-state index is 13.1. The summed E-state index contributed by atoms with van der Waals surface area (Å²) in [5, 5.41) is 1.07. The Kier molecular flexibility index (Phi) is 4.20. The third kappa shape index (κ3) is 3.17. The molecule has 1 heterocycles. The molecule has 2 aromatic carbocycles. The molecule has 0 amide bonds. The van der Waals surface area contributed by atoms with Crippen molar-refractivity contribution in [3.63, 3.8) is 0 Å². The van der Waals surface area contributed by atoms with E-state index in [1.165, 1.54) is 22.6 Å². The summed E-state index contributed by atoms with van der Waals surface area (Å²) in [7, 11) is 0. The van der Waals surface area contributed by atoms with Gasteiger partial charge < -0.3 is 5.73 Å². The second-order valence-electron chi connectivity index (χ2n) is 5.16. The molecule has 3 rings (SSSR count). The highest BCUT2D eigenvalue weighted by Crippen LogP contribution is 2.30. The molecule has 2 nitrogen and oxygen atoms in total. The number of anilines is 1. The summed E-state index contributed by atoms with van der Waals surface area (Å²) >= 11 is 1.72. The van der Waals surface area contributed by atoms with Gasteiger partial charge in [0.2, 0.25) is 0 Å². The monoisotopic (exact) mass is 312 g/mol. The van der Waals surface area contributed by atoms with Crippen LogP contribution in [-0.2, 0) is 12.8 Å². The van der Waals surface area contributed by atoms with Gasteiger partial charge in [0, 0.05) is 22.5 Å². The fourth-order valence-electron chi connectivity index (χ4n) is 2.36. The van der Waals surface area contributed by atoms with Gasteiger partial charge in [0.15, 0.2) is 0 Å². The summed E-state index contributed by atoms with van der Waals surface area (Å²) in [6, 6.07) is 14.4. The Morgan fingerprint density at radius 1 is 1.05 bits per heavy atom. The predicted molar refractivity (Wildman–Crippen MR) is 90.5 cm³/mol. The third-order valence-corrected chi connectivity index (χ3v) is 4.72. The van der Waals surface area contributed by atoms with Gasteiger partial charge in [-0.25, -0.2) is 9.37 Å². The lowest BCUT2D eigenvalue weighted by Gasteiger charge is -2.00. The zero-order valence-electron chi connectivity index (χ0n) is 12.3. The number of hydrogen-bond donors (Lipinski definition) is 1. The highest BCUT2D eigenvalue weighted by Gasteiger charge is 2.12. The number of nitrogens with two attached hydrogens (primary N) is 1. The number of rotatable bonds is 4. The van der Waals surface area contributed by atoms with Crippen LogP contribution >= 0.6 is 11.3 Å². The van der Waals surface area contributed by atoms with Crippen molar-refractivity contribution in [1.29, 1.82) is 0 Å². The molecule has 0 fully saturated rings. The van der Waals surface area contributed by atoms with Crippen molar-refractivity contribution in [2.75, 3.05) is 5.73 Å². The van der Waals surface area contributed by atoms with E-state index in [0.29, 0.717) is 0 Å². The molecule has 0 saturated heterocycles. The molecule has 0 spiro atoms. The van der Waals surface area contributed by atoms with Crippen LogP contribution in [-0.4, -0.2) is 4.98 Å². The average molecular weight is 312 g/mol. The molecule has 2 N–H and O–H groups in total. The van der Waals surface area contributed by atoms with E-state index in [-0.39, 0.29) is 5.82 Å². The zero-order chi connectivity index (χ0) is 15.5. The Morgan fingerprint density at radius 2 is 1.73 bits per heavy atom. The van der Waals surface area contributed by atoms with Crippen LogP contribution in [0.1, 0.15) is 22.4 Å². The molecule has 0 aliphatic rings. The van der Waals surface area contributed by atoms with Gasteiger partial charge in [-0.05, 0) is 48.4 Å². The number of aromatic nitrogens is 1. The van der Waals surface area contributed by atoms with Crippen LogP contribution < -0.4 is 5.73 Å². The van der Waals surface area contributed by atoms with Crippen LogP contribution in [0.2, 0.25) is 0 Å². The summed E-state index contributed by atoms with van der Waals surface area (Å²) in [6.45, 7) is 2.12. The van der Waals surface area contributed by atoms with Gasteiger partial charge in [0.05, 0.1) is 10.7 Å². The van der Waals surface area contributed by atoms with E-state index in [9.17, 15) is 4.39 Å². The van der Waals surface area contributed by atoms with Gasteiger partial charge in [0.1, 0.15) is 5.82 Å². The van der Waals surface area contributed by atoms with Gasteiger partial charge in [-0.15, -0.1) is 11.3 Å². The van der Waals surface area contributed by atoms with Crippen LogP contribution in [0.5, 0.6) is 0 Å². The predicted octanol–water partition coefficient (Wildman–Crippen LogP) is 4.68. The molecule has 112 valence electrons. The van der Waals surface area contributed by atoms with Crippen molar-refractivity contribution in [3.8, 4) is 11.3 Å². The Morgan fingerprint density at radius 3 is 2.36 bits per heavy atom. The molecule has 4 heteroatoms. The second-order valence-corrected chi connectivity index (χ2v) is 6.33. The van der Waals surface area contributed by atoms with Crippen molar-refractivity contribution < 1.29 is 4.39 Å². The fourth-order valence-corrected chi connectivity index (χ4v) is 3.42. The first kappa shape index (κ1) is 14.7. The molecule has 22 heavy (non-hydrogen) atoms. The molecule has 0 unspecified atom stereocenters. The van der Waals surface area contributed by atoms with E-state index in [1.54, 1.807) is 23.5 Å². The molecule has 0 radical (unpaired) electrons. The quantitative estimate of drug-likeness (QED) is 0.710. The lowest BCUT2D eigenvalue weighted by molar-refractivity contribution is 0.628. The standard InChI is InChI=1S/C18H17FN2S/c1-2-16-18(13-5-7-14(19)8-6-13)21-17(22-16)11-12-3-9-15(20)10-4-12/h3-10H,2,11,20H2,1H3. The van der Waals surface area contributed by atoms with Gasteiger partial charge in [-0.1, -0.05) is 19.1 Å². The van der Waals surface area contributed by atoms with Gasteiger partial charge in [0.25, 0.3) is 0 Å². The lowest BCUT2D eigenvalue weighted by atomic mass is 10.1.